The number of fused-ring (bicyclic) bond motifs is 2. The van der Waals surface area contributed by atoms with Gasteiger partial charge < -0.3 is 19.4 Å². The van der Waals surface area contributed by atoms with Crippen molar-refractivity contribution in [3.8, 4) is 11.8 Å². The maximum absolute atomic E-state index is 13.1. The second kappa shape index (κ2) is 8.40. The number of halogens is 4. The predicted octanol–water partition coefficient (Wildman–Crippen LogP) is 4.30. The monoisotopic (exact) mass is 483 g/mol. The lowest BCUT2D eigenvalue weighted by Gasteiger charge is -2.37. The Morgan fingerprint density at radius 1 is 1.21 bits per heavy atom. The Morgan fingerprint density at radius 2 is 1.97 bits per heavy atom. The van der Waals surface area contributed by atoms with E-state index < -0.39 is 12.7 Å². The van der Waals surface area contributed by atoms with Crippen LogP contribution in [0.25, 0.3) is 0 Å². The molecule has 5 rings (SSSR count). The van der Waals surface area contributed by atoms with E-state index >= 15 is 0 Å². The van der Waals surface area contributed by atoms with Crippen molar-refractivity contribution in [2.45, 2.75) is 38.5 Å². The summed E-state index contributed by atoms with van der Waals surface area (Å²) >= 11 is 5.95. The standard InChI is InChI=1S/C20H21ClF3N7O2/c1-11-27-28-19(32-11)30-8-12-5-6-13(9-30)16(12)25-17-26-18(31(29-17)10-20(22,23)24)33-15-4-2-3-14(21)7-15/h2-4,7,12-13,16H,5-6,8-10H2,1H3,(H,25,29)/t12-,13+,16-. The van der Waals surface area contributed by atoms with Gasteiger partial charge in [-0.15, -0.1) is 10.2 Å². The molecular weight excluding hydrogens is 463 g/mol. The van der Waals surface area contributed by atoms with Crippen LogP contribution in [0.5, 0.6) is 11.8 Å². The van der Waals surface area contributed by atoms with Gasteiger partial charge in [-0.1, -0.05) is 22.8 Å². The number of piperidine rings is 1. The van der Waals surface area contributed by atoms with Gasteiger partial charge in [0.2, 0.25) is 11.8 Å². The molecule has 2 aliphatic rings. The number of anilines is 2. The molecule has 1 saturated heterocycles. The Kier molecular flexibility index (Phi) is 5.55. The molecule has 2 fully saturated rings. The largest absolute Gasteiger partial charge is 0.424 e. The fourth-order valence-corrected chi connectivity index (χ4v) is 4.73. The minimum absolute atomic E-state index is 0.0195. The van der Waals surface area contributed by atoms with E-state index in [2.05, 4.69) is 30.5 Å². The highest BCUT2D eigenvalue weighted by molar-refractivity contribution is 6.30. The lowest BCUT2D eigenvalue weighted by molar-refractivity contribution is -0.143. The predicted molar refractivity (Wildman–Crippen MR) is 112 cm³/mol. The van der Waals surface area contributed by atoms with Gasteiger partial charge in [0.05, 0.1) is 0 Å². The van der Waals surface area contributed by atoms with E-state index in [1.165, 1.54) is 6.07 Å². The summed E-state index contributed by atoms with van der Waals surface area (Å²) in [7, 11) is 0. The number of aromatic nitrogens is 5. The van der Waals surface area contributed by atoms with Crippen molar-refractivity contribution in [2.75, 3.05) is 23.3 Å². The van der Waals surface area contributed by atoms with Crippen LogP contribution in [-0.4, -0.2) is 50.3 Å². The van der Waals surface area contributed by atoms with E-state index in [4.69, 9.17) is 20.8 Å². The highest BCUT2D eigenvalue weighted by Crippen LogP contribution is 2.40. The van der Waals surface area contributed by atoms with Crippen molar-refractivity contribution in [1.29, 1.82) is 0 Å². The molecule has 1 aromatic carbocycles. The third-order valence-corrected chi connectivity index (χ3v) is 6.12. The third-order valence-electron chi connectivity index (χ3n) is 5.89. The van der Waals surface area contributed by atoms with Crippen molar-refractivity contribution < 1.29 is 22.3 Å². The zero-order valence-corrected chi connectivity index (χ0v) is 18.3. The summed E-state index contributed by atoms with van der Waals surface area (Å²) in [4.78, 5) is 6.27. The SMILES string of the molecule is Cc1nnc(N2C[C@H]3CC[C@@H](C2)[C@@H]3Nc2nc(Oc3cccc(Cl)c3)n(CC(F)(F)F)n2)o1. The summed E-state index contributed by atoms with van der Waals surface area (Å²) in [6, 6.07) is 6.61. The fourth-order valence-electron chi connectivity index (χ4n) is 4.55. The number of alkyl halides is 3. The Balaban J connectivity index is 1.34. The lowest BCUT2D eigenvalue weighted by Crippen LogP contribution is -2.48. The number of hydrogen-bond acceptors (Lipinski definition) is 8. The van der Waals surface area contributed by atoms with Crippen LogP contribution in [0.15, 0.2) is 28.7 Å². The van der Waals surface area contributed by atoms with Crippen molar-refractivity contribution in [2.24, 2.45) is 11.8 Å². The number of nitrogens with zero attached hydrogens (tertiary/aromatic N) is 6. The van der Waals surface area contributed by atoms with Crippen molar-refractivity contribution in [1.82, 2.24) is 25.0 Å². The fraction of sp³-hybridized carbons (Fsp3) is 0.500. The van der Waals surface area contributed by atoms with Gasteiger partial charge in [0.25, 0.3) is 0 Å². The Hall–Kier alpha value is -3.02. The Labute approximate surface area is 191 Å². The van der Waals surface area contributed by atoms with Crippen LogP contribution in [0.4, 0.5) is 25.1 Å². The average Bonchev–Trinajstić information content (AvgIpc) is 3.37. The molecule has 0 amide bonds. The first-order valence-electron chi connectivity index (χ1n) is 10.5. The van der Waals surface area contributed by atoms with Gasteiger partial charge in [0.1, 0.15) is 12.3 Å². The summed E-state index contributed by atoms with van der Waals surface area (Å²) in [5.74, 6) is 1.35. The van der Waals surface area contributed by atoms with Crippen LogP contribution in [0, 0.1) is 18.8 Å². The van der Waals surface area contributed by atoms with E-state index in [9.17, 15) is 13.2 Å². The Morgan fingerprint density at radius 3 is 2.61 bits per heavy atom. The van der Waals surface area contributed by atoms with E-state index in [1.807, 2.05) is 0 Å². The highest BCUT2D eigenvalue weighted by Gasteiger charge is 2.44. The summed E-state index contributed by atoms with van der Waals surface area (Å²) < 4.78 is 51.2. The number of aryl methyl sites for hydroxylation is 1. The summed E-state index contributed by atoms with van der Waals surface area (Å²) in [6.45, 7) is 1.82. The first-order valence-corrected chi connectivity index (χ1v) is 10.9. The van der Waals surface area contributed by atoms with Crippen LogP contribution in [0.2, 0.25) is 5.02 Å². The number of rotatable bonds is 6. The molecule has 2 bridgehead atoms. The van der Waals surface area contributed by atoms with Crippen LogP contribution < -0.4 is 15.0 Å². The number of ether oxygens (including phenoxy) is 1. The van der Waals surface area contributed by atoms with Crippen LogP contribution in [0.1, 0.15) is 18.7 Å². The second-order valence-electron chi connectivity index (χ2n) is 8.33. The van der Waals surface area contributed by atoms with Gasteiger partial charge in [-0.05, 0) is 42.9 Å². The number of hydrogen-bond donors (Lipinski definition) is 1. The van der Waals surface area contributed by atoms with E-state index in [-0.39, 0.29) is 35.6 Å². The zero-order valence-electron chi connectivity index (χ0n) is 17.6. The molecule has 3 atom stereocenters. The molecule has 0 spiro atoms. The molecule has 3 heterocycles. The molecule has 0 unspecified atom stereocenters. The van der Waals surface area contributed by atoms with Crippen molar-refractivity contribution in [3.63, 3.8) is 0 Å². The highest BCUT2D eigenvalue weighted by atomic mass is 35.5. The van der Waals surface area contributed by atoms with E-state index in [1.54, 1.807) is 25.1 Å². The summed E-state index contributed by atoms with van der Waals surface area (Å²) in [5.41, 5.74) is 0. The minimum Gasteiger partial charge on any atom is -0.424 e. The van der Waals surface area contributed by atoms with Crippen LogP contribution in [-0.2, 0) is 6.54 Å². The molecule has 3 aromatic rings. The molecule has 1 saturated carbocycles. The molecule has 176 valence electrons. The van der Waals surface area contributed by atoms with Gasteiger partial charge in [0, 0.05) is 31.1 Å². The molecule has 1 N–H and O–H groups in total. The van der Waals surface area contributed by atoms with Crippen molar-refractivity contribution in [3.05, 3.63) is 35.2 Å². The maximum Gasteiger partial charge on any atom is 0.408 e. The number of nitrogens with one attached hydrogen (secondary N) is 1. The first-order chi connectivity index (χ1) is 15.7. The van der Waals surface area contributed by atoms with Gasteiger partial charge in [-0.3, -0.25) is 0 Å². The van der Waals surface area contributed by atoms with Gasteiger partial charge in [-0.2, -0.15) is 18.2 Å². The minimum atomic E-state index is -4.48. The van der Waals surface area contributed by atoms with Crippen molar-refractivity contribution >= 4 is 23.6 Å². The van der Waals surface area contributed by atoms with Gasteiger partial charge >= 0.3 is 18.2 Å². The molecule has 33 heavy (non-hydrogen) atoms. The van der Waals surface area contributed by atoms with E-state index in [0.717, 1.165) is 12.8 Å². The maximum atomic E-state index is 13.1. The lowest BCUT2D eigenvalue weighted by atomic mass is 9.92. The Bertz CT molecular complexity index is 1120. The summed E-state index contributed by atoms with van der Waals surface area (Å²) in [6.07, 6.45) is -2.54. The quantitative estimate of drug-likeness (QED) is 0.554. The number of benzene rings is 1. The molecule has 13 heteroatoms. The summed E-state index contributed by atoms with van der Waals surface area (Å²) in [5, 5.41) is 15.7. The van der Waals surface area contributed by atoms with Gasteiger partial charge in [0.15, 0.2) is 0 Å². The van der Waals surface area contributed by atoms with Crippen LogP contribution in [0.3, 0.4) is 0 Å². The average molecular weight is 484 g/mol. The topological polar surface area (TPSA) is 94.1 Å². The smallest absolute Gasteiger partial charge is 0.408 e. The molecular formula is C20H21ClF3N7O2. The van der Waals surface area contributed by atoms with Gasteiger partial charge in [-0.25, -0.2) is 4.68 Å². The molecule has 2 aromatic heterocycles. The normalized spacial score (nSPS) is 22.6. The molecule has 1 aliphatic heterocycles. The first kappa shape index (κ1) is 21.8. The zero-order chi connectivity index (χ0) is 23.2. The van der Waals surface area contributed by atoms with E-state index in [0.29, 0.717) is 34.7 Å². The second-order valence-corrected chi connectivity index (χ2v) is 8.76. The molecule has 0 radical (unpaired) electrons. The molecule has 9 nitrogen and oxygen atoms in total. The molecule has 1 aliphatic carbocycles. The van der Waals surface area contributed by atoms with Crippen LogP contribution >= 0.6 is 11.6 Å². The third kappa shape index (κ3) is 4.85.